The summed E-state index contributed by atoms with van der Waals surface area (Å²) in [6, 6.07) is 9.62. The van der Waals surface area contributed by atoms with E-state index in [4.69, 9.17) is 4.42 Å². The minimum absolute atomic E-state index is 0.0203. The summed E-state index contributed by atoms with van der Waals surface area (Å²) in [5, 5.41) is 1.01. The SMILES string of the molecule is O=C(Cc1coc2cc3c(cc12)CCC3)N1CCN(c2cccc(C(F)(F)F)c2)CC1. The number of hydrogen-bond donors (Lipinski definition) is 0. The van der Waals surface area contributed by atoms with Gasteiger partial charge in [-0.05, 0) is 60.7 Å². The Balaban J connectivity index is 1.24. The van der Waals surface area contributed by atoms with Gasteiger partial charge in [-0.1, -0.05) is 6.07 Å². The maximum Gasteiger partial charge on any atom is 0.416 e. The van der Waals surface area contributed by atoms with Crippen LogP contribution in [0, 0.1) is 0 Å². The van der Waals surface area contributed by atoms with Crippen LogP contribution in [0.25, 0.3) is 11.0 Å². The van der Waals surface area contributed by atoms with Gasteiger partial charge in [0, 0.05) is 42.8 Å². The van der Waals surface area contributed by atoms with Crippen molar-refractivity contribution in [2.24, 2.45) is 0 Å². The standard InChI is InChI=1S/C24H23F3N2O2/c25-24(26,27)19-5-2-6-20(14-19)28-7-9-29(10-8-28)23(30)13-18-15-31-22-12-17-4-1-3-16(17)11-21(18)22/h2,5-6,11-12,14-15H,1,3-4,7-10,13H2. The molecule has 5 rings (SSSR count). The number of furan rings is 1. The number of amides is 1. The van der Waals surface area contributed by atoms with Gasteiger partial charge >= 0.3 is 6.18 Å². The molecule has 7 heteroatoms. The van der Waals surface area contributed by atoms with Gasteiger partial charge in [0.2, 0.25) is 5.91 Å². The summed E-state index contributed by atoms with van der Waals surface area (Å²) >= 11 is 0. The first kappa shape index (κ1) is 20.0. The first-order valence-corrected chi connectivity index (χ1v) is 10.6. The molecule has 0 saturated carbocycles. The zero-order valence-electron chi connectivity index (χ0n) is 17.0. The predicted octanol–water partition coefficient (Wildman–Crippen LogP) is 4.83. The number of anilines is 1. The molecule has 0 spiro atoms. The number of hydrogen-bond acceptors (Lipinski definition) is 3. The van der Waals surface area contributed by atoms with Crippen molar-refractivity contribution in [1.82, 2.24) is 4.90 Å². The summed E-state index contributed by atoms with van der Waals surface area (Å²) in [5.74, 6) is 0.0203. The predicted molar refractivity (Wildman–Crippen MR) is 112 cm³/mol. The number of carbonyl (C=O) groups excluding carboxylic acids is 1. The topological polar surface area (TPSA) is 36.7 Å². The van der Waals surface area contributed by atoms with Crippen LogP contribution in [0.15, 0.2) is 47.1 Å². The first-order chi connectivity index (χ1) is 14.9. The molecule has 2 heterocycles. The van der Waals surface area contributed by atoms with E-state index in [9.17, 15) is 18.0 Å². The Morgan fingerprint density at radius 3 is 2.48 bits per heavy atom. The van der Waals surface area contributed by atoms with Crippen molar-refractivity contribution in [2.45, 2.75) is 31.9 Å². The van der Waals surface area contributed by atoms with Crippen LogP contribution in [0.3, 0.4) is 0 Å². The highest BCUT2D eigenvalue weighted by molar-refractivity contribution is 5.88. The molecule has 31 heavy (non-hydrogen) atoms. The van der Waals surface area contributed by atoms with Gasteiger partial charge in [0.05, 0.1) is 18.2 Å². The second kappa shape index (κ2) is 7.62. The van der Waals surface area contributed by atoms with Crippen molar-refractivity contribution < 1.29 is 22.4 Å². The van der Waals surface area contributed by atoms with E-state index < -0.39 is 11.7 Å². The Labute approximate surface area is 178 Å². The average Bonchev–Trinajstić information content (AvgIpc) is 3.38. The number of carbonyl (C=O) groups is 1. The molecule has 3 aromatic rings. The van der Waals surface area contributed by atoms with Crippen LogP contribution in [-0.2, 0) is 30.2 Å². The molecule has 1 amide bonds. The van der Waals surface area contributed by atoms with Crippen LogP contribution in [-0.4, -0.2) is 37.0 Å². The highest BCUT2D eigenvalue weighted by Crippen LogP contribution is 2.33. The van der Waals surface area contributed by atoms with E-state index in [1.165, 1.54) is 23.3 Å². The summed E-state index contributed by atoms with van der Waals surface area (Å²) in [6.45, 7) is 1.99. The molecule has 0 N–H and O–H groups in total. The summed E-state index contributed by atoms with van der Waals surface area (Å²) < 4.78 is 44.7. The Bertz CT molecular complexity index is 1130. The van der Waals surface area contributed by atoms with Gasteiger partial charge in [-0.15, -0.1) is 0 Å². The normalized spacial score (nSPS) is 16.7. The fourth-order valence-corrected chi connectivity index (χ4v) is 4.65. The van der Waals surface area contributed by atoms with Gasteiger partial charge in [-0.3, -0.25) is 4.79 Å². The van der Waals surface area contributed by atoms with Crippen molar-refractivity contribution in [3.05, 3.63) is 64.9 Å². The molecule has 1 aromatic heterocycles. The number of alkyl halides is 3. The number of fused-ring (bicyclic) bond motifs is 2. The fourth-order valence-electron chi connectivity index (χ4n) is 4.65. The third-order valence-corrected chi connectivity index (χ3v) is 6.38. The van der Waals surface area contributed by atoms with Crippen LogP contribution in [0.1, 0.15) is 28.7 Å². The second-order valence-electron chi connectivity index (χ2n) is 8.32. The van der Waals surface area contributed by atoms with E-state index >= 15 is 0 Å². The van der Waals surface area contributed by atoms with E-state index in [2.05, 4.69) is 12.1 Å². The largest absolute Gasteiger partial charge is 0.464 e. The molecule has 0 unspecified atom stereocenters. The van der Waals surface area contributed by atoms with Crippen molar-refractivity contribution in [3.8, 4) is 0 Å². The van der Waals surface area contributed by atoms with Gasteiger partial charge in [0.1, 0.15) is 5.58 Å². The van der Waals surface area contributed by atoms with Crippen LogP contribution < -0.4 is 4.90 Å². The molecule has 0 atom stereocenters. The Kier molecular flexibility index (Phi) is 4.91. The highest BCUT2D eigenvalue weighted by atomic mass is 19.4. The summed E-state index contributed by atoms with van der Waals surface area (Å²) in [6.07, 6.45) is 0.900. The van der Waals surface area contributed by atoms with Crippen molar-refractivity contribution in [2.75, 3.05) is 31.1 Å². The molecule has 1 saturated heterocycles. The molecule has 0 bridgehead atoms. The van der Waals surface area contributed by atoms with Gasteiger partial charge in [0.25, 0.3) is 0 Å². The summed E-state index contributed by atoms with van der Waals surface area (Å²) in [5.41, 5.74) is 4.30. The lowest BCUT2D eigenvalue weighted by molar-refractivity contribution is -0.137. The maximum absolute atomic E-state index is 13.0. The van der Waals surface area contributed by atoms with Crippen molar-refractivity contribution in [1.29, 1.82) is 0 Å². The molecular weight excluding hydrogens is 405 g/mol. The van der Waals surface area contributed by atoms with E-state index in [0.717, 1.165) is 41.9 Å². The first-order valence-electron chi connectivity index (χ1n) is 10.6. The minimum atomic E-state index is -4.36. The Morgan fingerprint density at radius 1 is 1.00 bits per heavy atom. The number of nitrogens with zero attached hydrogens (tertiary/aromatic N) is 2. The smallest absolute Gasteiger partial charge is 0.416 e. The molecule has 162 valence electrons. The molecule has 2 aromatic carbocycles. The molecule has 4 nitrogen and oxygen atoms in total. The van der Waals surface area contributed by atoms with Crippen LogP contribution >= 0.6 is 0 Å². The van der Waals surface area contributed by atoms with E-state index in [1.807, 2.05) is 4.90 Å². The lowest BCUT2D eigenvalue weighted by Gasteiger charge is -2.36. The van der Waals surface area contributed by atoms with Gasteiger partial charge in [-0.2, -0.15) is 13.2 Å². The summed E-state index contributed by atoms with van der Waals surface area (Å²) in [7, 11) is 0. The Morgan fingerprint density at radius 2 is 1.74 bits per heavy atom. The molecule has 0 radical (unpaired) electrons. The summed E-state index contributed by atoms with van der Waals surface area (Å²) in [4.78, 5) is 16.6. The van der Waals surface area contributed by atoms with E-state index in [1.54, 1.807) is 17.2 Å². The number of halogens is 3. The lowest BCUT2D eigenvalue weighted by Crippen LogP contribution is -2.49. The van der Waals surface area contributed by atoms with Crippen LogP contribution in [0.4, 0.5) is 18.9 Å². The molecular formula is C24H23F3N2O2. The molecule has 1 fully saturated rings. The highest BCUT2D eigenvalue weighted by Gasteiger charge is 2.31. The zero-order chi connectivity index (χ0) is 21.6. The second-order valence-corrected chi connectivity index (χ2v) is 8.32. The van der Waals surface area contributed by atoms with E-state index in [-0.39, 0.29) is 12.3 Å². The molecule has 2 aliphatic rings. The van der Waals surface area contributed by atoms with E-state index in [0.29, 0.717) is 31.9 Å². The molecule has 1 aliphatic carbocycles. The van der Waals surface area contributed by atoms with Crippen molar-refractivity contribution in [3.63, 3.8) is 0 Å². The third kappa shape index (κ3) is 3.89. The number of piperazine rings is 1. The van der Waals surface area contributed by atoms with Crippen LogP contribution in [0.2, 0.25) is 0 Å². The number of aryl methyl sites for hydroxylation is 2. The van der Waals surface area contributed by atoms with Crippen molar-refractivity contribution >= 4 is 22.6 Å². The van der Waals surface area contributed by atoms with Gasteiger partial charge in [0.15, 0.2) is 0 Å². The van der Waals surface area contributed by atoms with Crippen LogP contribution in [0.5, 0.6) is 0 Å². The third-order valence-electron chi connectivity index (χ3n) is 6.38. The lowest BCUT2D eigenvalue weighted by atomic mass is 10.0. The zero-order valence-corrected chi connectivity index (χ0v) is 17.0. The maximum atomic E-state index is 13.0. The average molecular weight is 428 g/mol. The number of rotatable bonds is 3. The minimum Gasteiger partial charge on any atom is -0.464 e. The Hall–Kier alpha value is -2.96. The molecule has 1 aliphatic heterocycles. The number of benzene rings is 2. The van der Waals surface area contributed by atoms with Gasteiger partial charge in [-0.25, -0.2) is 0 Å². The monoisotopic (exact) mass is 428 g/mol. The van der Waals surface area contributed by atoms with Gasteiger partial charge < -0.3 is 14.2 Å². The fraction of sp³-hybridized carbons (Fsp3) is 0.375. The quantitative estimate of drug-likeness (QED) is 0.600.